The summed E-state index contributed by atoms with van der Waals surface area (Å²) in [5, 5.41) is 43.9. The molecule has 5 rings (SSSR count). The zero-order valence-electron chi connectivity index (χ0n) is 19.9. The van der Waals surface area contributed by atoms with E-state index < -0.39 is 36.1 Å². The number of hydrogen-bond acceptors (Lipinski definition) is 9. The van der Waals surface area contributed by atoms with Gasteiger partial charge in [-0.3, -0.25) is 0 Å². The lowest BCUT2D eigenvalue weighted by Crippen LogP contribution is -2.53. The molecule has 1 aromatic heterocycles. The number of aromatic hydroxyl groups is 1. The van der Waals surface area contributed by atoms with Gasteiger partial charge in [-0.1, -0.05) is 18.7 Å². The number of benzene rings is 3. The number of phenolic OH excluding ortho intramolecular Hbond substituents is 1. The van der Waals surface area contributed by atoms with E-state index >= 15 is 0 Å². The predicted octanol–water partition coefficient (Wildman–Crippen LogP) is 3.01. The van der Waals surface area contributed by atoms with E-state index in [0.717, 1.165) is 0 Å². The maximum atomic E-state index is 13.2. The van der Waals surface area contributed by atoms with Gasteiger partial charge in [0.15, 0.2) is 0 Å². The first kappa shape index (κ1) is 24.1. The van der Waals surface area contributed by atoms with Gasteiger partial charge in [-0.15, -0.1) is 0 Å². The molecule has 0 bridgehead atoms. The van der Waals surface area contributed by atoms with E-state index in [1.165, 1.54) is 26.4 Å². The van der Waals surface area contributed by atoms with Crippen molar-refractivity contribution in [2.24, 2.45) is 0 Å². The molecule has 9 heteroatoms. The summed E-state index contributed by atoms with van der Waals surface area (Å²) < 4.78 is 22.9. The Morgan fingerprint density at radius 3 is 2.28 bits per heavy atom. The Morgan fingerprint density at radius 2 is 1.61 bits per heavy atom. The van der Waals surface area contributed by atoms with Crippen LogP contribution >= 0.6 is 0 Å². The summed E-state index contributed by atoms with van der Waals surface area (Å²) >= 11 is 0. The molecular formula is C27H26O9. The predicted molar refractivity (Wildman–Crippen MR) is 134 cm³/mol. The highest BCUT2D eigenvalue weighted by atomic mass is 16.5. The topological polar surface area (TPSA) is 139 Å². The molecule has 0 amide bonds. The van der Waals surface area contributed by atoms with Crippen molar-refractivity contribution in [3.63, 3.8) is 0 Å². The second-order valence-corrected chi connectivity index (χ2v) is 8.85. The Balaban J connectivity index is 1.97. The minimum atomic E-state index is -1.50. The number of methoxy groups -OCH3 is 2. The molecule has 0 aliphatic carbocycles. The molecular weight excluding hydrogens is 468 g/mol. The van der Waals surface area contributed by atoms with Gasteiger partial charge in [-0.2, -0.15) is 0 Å². The van der Waals surface area contributed by atoms with Crippen molar-refractivity contribution < 1.29 is 39.1 Å². The molecule has 0 spiro atoms. The first-order chi connectivity index (χ1) is 17.2. The number of phenols is 1. The molecule has 188 valence electrons. The van der Waals surface area contributed by atoms with Gasteiger partial charge < -0.3 is 39.1 Å². The fraction of sp³-hybridized carbons (Fsp3) is 0.296. The average molecular weight is 494 g/mol. The minimum Gasteiger partial charge on any atom is -0.507 e. The quantitative estimate of drug-likeness (QED) is 0.249. The van der Waals surface area contributed by atoms with Gasteiger partial charge in [-0.05, 0) is 42.3 Å². The summed E-state index contributed by atoms with van der Waals surface area (Å²) in [7, 11) is 2.92. The fourth-order valence-electron chi connectivity index (χ4n) is 5.01. The monoisotopic (exact) mass is 494 g/mol. The van der Waals surface area contributed by atoms with Crippen LogP contribution in [0.2, 0.25) is 0 Å². The first-order valence-corrected chi connectivity index (χ1v) is 11.3. The van der Waals surface area contributed by atoms with Crippen LogP contribution in [0.25, 0.3) is 38.6 Å². The van der Waals surface area contributed by atoms with Crippen molar-refractivity contribution in [3.05, 3.63) is 58.5 Å². The summed E-state index contributed by atoms with van der Waals surface area (Å²) in [5.74, 6) is 0.536. The summed E-state index contributed by atoms with van der Waals surface area (Å²) in [6, 6.07) is 7.94. The molecule has 1 aliphatic heterocycles. The Morgan fingerprint density at radius 1 is 0.917 bits per heavy atom. The van der Waals surface area contributed by atoms with Crippen molar-refractivity contribution in [2.75, 3.05) is 14.2 Å². The van der Waals surface area contributed by atoms with E-state index in [1.807, 2.05) is 0 Å². The molecule has 4 N–H and O–H groups in total. The molecule has 3 aromatic carbocycles. The smallest absolute Gasteiger partial charge is 0.344 e. The van der Waals surface area contributed by atoms with Crippen LogP contribution in [0, 0.1) is 0 Å². The number of fused-ring (bicyclic) bond motifs is 5. The van der Waals surface area contributed by atoms with Crippen LogP contribution in [0.15, 0.2) is 46.1 Å². The molecule has 4 aromatic rings. The summed E-state index contributed by atoms with van der Waals surface area (Å²) in [6.45, 7) is 5.33. The molecule has 1 aliphatic rings. The fourth-order valence-corrected chi connectivity index (χ4v) is 5.01. The van der Waals surface area contributed by atoms with Crippen LogP contribution < -0.4 is 15.1 Å². The van der Waals surface area contributed by atoms with E-state index in [4.69, 9.17) is 18.6 Å². The molecule has 2 heterocycles. The summed E-state index contributed by atoms with van der Waals surface area (Å²) in [5.41, 5.74) is 0.468. The van der Waals surface area contributed by atoms with Gasteiger partial charge in [0.2, 0.25) is 0 Å². The minimum absolute atomic E-state index is 0.114. The van der Waals surface area contributed by atoms with Crippen molar-refractivity contribution in [1.82, 2.24) is 0 Å². The molecule has 9 nitrogen and oxygen atoms in total. The SMILES string of the molecule is C=Cc1cc(OC)c2c(c1)c(=O)oc1c2cc(OC)c2c(O)ccc([C@H]3O[C@H](C)[C@H](O)[C@H](O)[C@H]3O)c21. The molecule has 0 unspecified atom stereocenters. The standard InChI is InChI=1S/C27H26O9/c1-5-12-8-15-19(17(9-12)33-3)14-10-18(34-4)21-16(28)7-6-13(20(21)25(14)36-27(15)32)26-24(31)23(30)22(29)11(2)35-26/h5-11,22-24,26,28-31H,1H2,2-4H3/t11-,22+,23+,24-,26-/m1/s1. The molecule has 1 saturated heterocycles. The third-order valence-corrected chi connectivity index (χ3v) is 6.85. The van der Waals surface area contributed by atoms with Gasteiger partial charge >= 0.3 is 5.63 Å². The van der Waals surface area contributed by atoms with E-state index in [9.17, 15) is 25.2 Å². The van der Waals surface area contributed by atoms with Crippen LogP contribution in [0.5, 0.6) is 17.2 Å². The lowest BCUT2D eigenvalue weighted by molar-refractivity contribution is -0.219. The second-order valence-electron chi connectivity index (χ2n) is 8.85. The zero-order valence-corrected chi connectivity index (χ0v) is 19.9. The van der Waals surface area contributed by atoms with E-state index in [0.29, 0.717) is 27.6 Å². The number of hydrogen-bond donors (Lipinski definition) is 4. The number of aliphatic hydroxyl groups excluding tert-OH is 3. The maximum Gasteiger partial charge on any atom is 0.344 e. The zero-order chi connectivity index (χ0) is 25.9. The highest BCUT2D eigenvalue weighted by Gasteiger charge is 2.43. The van der Waals surface area contributed by atoms with E-state index in [2.05, 4.69) is 6.58 Å². The molecule has 0 radical (unpaired) electrons. The second kappa shape index (κ2) is 8.79. The number of aliphatic hydroxyl groups is 3. The van der Waals surface area contributed by atoms with Crippen molar-refractivity contribution in [3.8, 4) is 17.2 Å². The third kappa shape index (κ3) is 3.43. The van der Waals surface area contributed by atoms with Crippen LogP contribution in [-0.4, -0.2) is 59.1 Å². The van der Waals surface area contributed by atoms with Crippen LogP contribution in [-0.2, 0) is 4.74 Å². The Hall–Kier alpha value is -3.63. The van der Waals surface area contributed by atoms with Crippen LogP contribution in [0.3, 0.4) is 0 Å². The Labute approximate surface area is 205 Å². The van der Waals surface area contributed by atoms with E-state index in [-0.39, 0.29) is 33.2 Å². The van der Waals surface area contributed by atoms with Gasteiger partial charge in [0.25, 0.3) is 0 Å². The van der Waals surface area contributed by atoms with Crippen molar-refractivity contribution in [2.45, 2.75) is 37.4 Å². The molecule has 0 saturated carbocycles. The van der Waals surface area contributed by atoms with Gasteiger partial charge in [0, 0.05) is 16.2 Å². The molecule has 36 heavy (non-hydrogen) atoms. The van der Waals surface area contributed by atoms with Gasteiger partial charge in [0.05, 0.1) is 31.1 Å². The number of ether oxygens (including phenoxy) is 3. The summed E-state index contributed by atoms with van der Waals surface area (Å²) in [6.07, 6.45) is -4.60. The third-order valence-electron chi connectivity index (χ3n) is 6.85. The van der Waals surface area contributed by atoms with Crippen molar-refractivity contribution >= 4 is 38.6 Å². The lowest BCUT2D eigenvalue weighted by atomic mass is 9.88. The summed E-state index contributed by atoms with van der Waals surface area (Å²) in [4.78, 5) is 13.2. The lowest BCUT2D eigenvalue weighted by Gasteiger charge is -2.40. The Bertz CT molecular complexity index is 1570. The highest BCUT2D eigenvalue weighted by Crippen LogP contribution is 2.47. The van der Waals surface area contributed by atoms with Gasteiger partial charge in [-0.25, -0.2) is 4.79 Å². The van der Waals surface area contributed by atoms with E-state index in [1.54, 1.807) is 31.2 Å². The van der Waals surface area contributed by atoms with Crippen molar-refractivity contribution in [1.29, 1.82) is 0 Å². The average Bonchev–Trinajstić information content (AvgIpc) is 2.89. The maximum absolute atomic E-state index is 13.2. The highest BCUT2D eigenvalue weighted by molar-refractivity contribution is 6.19. The van der Waals surface area contributed by atoms with Crippen LogP contribution in [0.4, 0.5) is 0 Å². The Kier molecular flexibility index (Phi) is 5.88. The number of rotatable bonds is 4. The largest absolute Gasteiger partial charge is 0.507 e. The first-order valence-electron chi connectivity index (χ1n) is 11.3. The molecule has 1 fully saturated rings. The van der Waals surface area contributed by atoms with Gasteiger partial charge in [0.1, 0.15) is 47.2 Å². The normalized spacial score (nSPS) is 24.3. The van der Waals surface area contributed by atoms with Crippen LogP contribution in [0.1, 0.15) is 24.2 Å². The molecule has 5 atom stereocenters.